The van der Waals surface area contributed by atoms with E-state index in [0.717, 1.165) is 12.8 Å². The third-order valence-corrected chi connectivity index (χ3v) is 2.91. The number of carbonyl (C=O) groups excluding carboxylic acids is 2. The van der Waals surface area contributed by atoms with Gasteiger partial charge in [-0.15, -0.1) is 0 Å². The molecule has 2 unspecified atom stereocenters. The molecule has 0 aromatic rings. The zero-order chi connectivity index (χ0) is 14.8. The topological polar surface area (TPSA) is 52.6 Å². The molecule has 1 saturated carbocycles. The third kappa shape index (κ3) is 5.69. The van der Waals surface area contributed by atoms with E-state index in [4.69, 9.17) is 9.47 Å². The lowest BCUT2D eigenvalue weighted by Gasteiger charge is -2.30. The number of rotatable bonds is 6. The van der Waals surface area contributed by atoms with Gasteiger partial charge in [0.2, 0.25) is 0 Å². The van der Waals surface area contributed by atoms with Crippen molar-refractivity contribution in [1.82, 2.24) is 0 Å². The van der Waals surface area contributed by atoms with Gasteiger partial charge < -0.3 is 9.47 Å². The van der Waals surface area contributed by atoms with Gasteiger partial charge in [-0.05, 0) is 25.7 Å². The Hall–Kier alpha value is -2.10. The van der Waals surface area contributed by atoms with Crippen molar-refractivity contribution >= 4 is 11.9 Å². The summed E-state index contributed by atoms with van der Waals surface area (Å²) in [5.41, 5.74) is 0. The molecule has 1 fully saturated rings. The highest BCUT2D eigenvalue weighted by Crippen LogP contribution is 2.24. The van der Waals surface area contributed by atoms with E-state index in [0.29, 0.717) is 12.8 Å². The van der Waals surface area contributed by atoms with E-state index in [-0.39, 0.29) is 12.2 Å². The van der Waals surface area contributed by atoms with Crippen LogP contribution in [-0.4, -0.2) is 24.1 Å². The quantitative estimate of drug-likeness (QED) is 0.425. The molecule has 0 saturated heterocycles. The van der Waals surface area contributed by atoms with E-state index in [9.17, 15) is 9.59 Å². The van der Waals surface area contributed by atoms with Gasteiger partial charge in [0, 0.05) is 12.2 Å². The van der Waals surface area contributed by atoms with E-state index in [1.807, 2.05) is 0 Å². The molecule has 0 spiro atoms. The Kier molecular flexibility index (Phi) is 7.11. The van der Waals surface area contributed by atoms with Crippen LogP contribution in [-0.2, 0) is 19.1 Å². The highest BCUT2D eigenvalue weighted by molar-refractivity contribution is 5.83. The van der Waals surface area contributed by atoms with Crippen molar-refractivity contribution in [1.29, 1.82) is 0 Å². The predicted molar refractivity (Wildman–Crippen MR) is 76.9 cm³/mol. The monoisotopic (exact) mass is 276 g/mol. The van der Waals surface area contributed by atoms with Gasteiger partial charge >= 0.3 is 11.9 Å². The number of carbonyl (C=O) groups is 2. The zero-order valence-corrected chi connectivity index (χ0v) is 11.5. The summed E-state index contributed by atoms with van der Waals surface area (Å²) in [6.45, 7) is 6.97. The van der Waals surface area contributed by atoms with Crippen LogP contribution in [0.1, 0.15) is 25.7 Å². The molecule has 0 bridgehead atoms. The Bertz CT molecular complexity index is 380. The van der Waals surface area contributed by atoms with Crippen molar-refractivity contribution in [2.45, 2.75) is 37.9 Å². The van der Waals surface area contributed by atoms with Crippen molar-refractivity contribution in [3.63, 3.8) is 0 Å². The fourth-order valence-electron chi connectivity index (χ4n) is 2.00. The lowest BCUT2D eigenvalue weighted by Crippen LogP contribution is -2.37. The van der Waals surface area contributed by atoms with Gasteiger partial charge in [0.15, 0.2) is 0 Å². The lowest BCUT2D eigenvalue weighted by molar-refractivity contribution is -0.165. The second-order valence-electron chi connectivity index (χ2n) is 4.42. The summed E-state index contributed by atoms with van der Waals surface area (Å²) < 4.78 is 10.6. The molecule has 0 radical (unpaired) electrons. The predicted octanol–water partition coefficient (Wildman–Crippen LogP) is 2.87. The molecule has 0 heterocycles. The van der Waals surface area contributed by atoms with Gasteiger partial charge in [0.1, 0.15) is 12.2 Å². The van der Waals surface area contributed by atoms with Gasteiger partial charge in [0.05, 0.1) is 0 Å². The van der Waals surface area contributed by atoms with Crippen LogP contribution in [0.4, 0.5) is 0 Å². The van der Waals surface area contributed by atoms with Gasteiger partial charge in [-0.3, -0.25) is 0 Å². The number of hydrogen-bond acceptors (Lipinski definition) is 4. The van der Waals surface area contributed by atoms with Crippen LogP contribution in [0, 0.1) is 0 Å². The Morgan fingerprint density at radius 3 is 1.60 bits per heavy atom. The molecule has 4 heteroatoms. The summed E-state index contributed by atoms with van der Waals surface area (Å²) in [4.78, 5) is 23.1. The molecular formula is C16H20O4. The third-order valence-electron chi connectivity index (χ3n) is 2.91. The van der Waals surface area contributed by atoms with Gasteiger partial charge in [0.25, 0.3) is 0 Å². The first kappa shape index (κ1) is 16.0. The van der Waals surface area contributed by atoms with Crippen molar-refractivity contribution < 1.29 is 19.1 Å². The Morgan fingerprint density at radius 2 is 1.25 bits per heavy atom. The molecule has 20 heavy (non-hydrogen) atoms. The van der Waals surface area contributed by atoms with Gasteiger partial charge in [-0.2, -0.15) is 0 Å². The maximum Gasteiger partial charge on any atom is 0.331 e. The summed E-state index contributed by atoms with van der Waals surface area (Å²) >= 11 is 0. The molecule has 108 valence electrons. The molecule has 0 aliphatic heterocycles. The van der Waals surface area contributed by atoms with E-state index in [2.05, 4.69) is 13.2 Å². The summed E-state index contributed by atoms with van der Waals surface area (Å²) in [6.07, 6.45) is 11.2. The number of allylic oxidation sites excluding steroid dienone is 4. The summed E-state index contributed by atoms with van der Waals surface area (Å²) in [5, 5.41) is 0. The molecule has 0 amide bonds. The fraction of sp³-hybridized carbons (Fsp3) is 0.375. The second-order valence-corrected chi connectivity index (χ2v) is 4.42. The maximum absolute atomic E-state index is 11.5. The summed E-state index contributed by atoms with van der Waals surface area (Å²) in [5.74, 6) is -0.890. The highest BCUT2D eigenvalue weighted by atomic mass is 16.6. The molecule has 1 rings (SSSR count). The second kappa shape index (κ2) is 8.91. The van der Waals surface area contributed by atoms with Crippen LogP contribution in [0.5, 0.6) is 0 Å². The van der Waals surface area contributed by atoms with Crippen LogP contribution < -0.4 is 0 Å². The van der Waals surface area contributed by atoms with E-state index >= 15 is 0 Å². The van der Waals surface area contributed by atoms with E-state index < -0.39 is 11.9 Å². The van der Waals surface area contributed by atoms with E-state index in [1.165, 1.54) is 36.5 Å². The summed E-state index contributed by atoms with van der Waals surface area (Å²) in [7, 11) is 0. The van der Waals surface area contributed by atoms with Crippen LogP contribution in [0.15, 0.2) is 49.6 Å². The van der Waals surface area contributed by atoms with Crippen molar-refractivity contribution in [3.8, 4) is 0 Å². The van der Waals surface area contributed by atoms with Crippen molar-refractivity contribution in [2.75, 3.05) is 0 Å². The normalized spacial score (nSPS) is 22.6. The molecule has 0 N–H and O–H groups in total. The van der Waals surface area contributed by atoms with E-state index in [1.54, 1.807) is 0 Å². The van der Waals surface area contributed by atoms with Crippen LogP contribution in [0.2, 0.25) is 0 Å². The number of esters is 2. The van der Waals surface area contributed by atoms with Gasteiger partial charge in [-0.1, -0.05) is 37.5 Å². The number of hydrogen-bond donors (Lipinski definition) is 0. The minimum Gasteiger partial charge on any atom is -0.455 e. The smallest absolute Gasteiger partial charge is 0.331 e. The molecule has 1 aliphatic carbocycles. The number of ether oxygens (including phenoxy) is 2. The Labute approximate surface area is 119 Å². The molecule has 4 nitrogen and oxygen atoms in total. The SMILES string of the molecule is C=CC=CC(=O)OC1CCCCC1OC(=O)C=CC=C. The largest absolute Gasteiger partial charge is 0.455 e. The van der Waals surface area contributed by atoms with Crippen LogP contribution in [0.25, 0.3) is 0 Å². The molecule has 0 aromatic carbocycles. The Balaban J connectivity index is 2.57. The zero-order valence-electron chi connectivity index (χ0n) is 11.5. The summed E-state index contributed by atoms with van der Waals surface area (Å²) in [6, 6.07) is 0. The molecule has 1 aliphatic rings. The average molecular weight is 276 g/mol. The first-order valence-electron chi connectivity index (χ1n) is 6.66. The average Bonchev–Trinajstić information content (AvgIpc) is 2.45. The minimum atomic E-state index is -0.445. The minimum absolute atomic E-state index is 0.383. The fourth-order valence-corrected chi connectivity index (χ4v) is 2.00. The first-order chi connectivity index (χ1) is 9.67. The van der Waals surface area contributed by atoms with Crippen molar-refractivity contribution in [3.05, 3.63) is 49.6 Å². The molecule has 2 atom stereocenters. The molecule has 0 aromatic heterocycles. The Morgan fingerprint density at radius 1 is 0.850 bits per heavy atom. The van der Waals surface area contributed by atoms with Crippen molar-refractivity contribution in [2.24, 2.45) is 0 Å². The maximum atomic E-state index is 11.5. The first-order valence-corrected chi connectivity index (χ1v) is 6.66. The standard InChI is InChI=1S/C16H20O4/c1-3-5-11-15(17)19-13-9-7-8-10-14(13)20-16(18)12-6-4-2/h3-6,11-14H,1-2,7-10H2. The lowest BCUT2D eigenvalue weighted by atomic mass is 9.94. The molecular weight excluding hydrogens is 256 g/mol. The van der Waals surface area contributed by atoms with Gasteiger partial charge in [-0.25, -0.2) is 9.59 Å². The van der Waals surface area contributed by atoms with Crippen LogP contribution in [0.3, 0.4) is 0 Å². The highest BCUT2D eigenvalue weighted by Gasteiger charge is 2.30. The van der Waals surface area contributed by atoms with Crippen LogP contribution >= 0.6 is 0 Å².